The fourth-order valence-corrected chi connectivity index (χ4v) is 3.21. The Morgan fingerprint density at radius 3 is 2.89 bits per heavy atom. The van der Waals surface area contributed by atoms with Crippen LogP contribution in [0.4, 0.5) is 0 Å². The van der Waals surface area contributed by atoms with Crippen LogP contribution in [0, 0.1) is 5.41 Å². The molecule has 0 bridgehead atoms. The third kappa shape index (κ3) is 1.55. The van der Waals surface area contributed by atoms with Gasteiger partial charge in [0.2, 0.25) is 0 Å². The van der Waals surface area contributed by atoms with Crippen molar-refractivity contribution >= 4 is 5.91 Å². The van der Waals surface area contributed by atoms with Gasteiger partial charge in [-0.05, 0) is 25.2 Å². The number of amides is 1. The number of fused-ring (bicyclic) bond motifs is 3. The van der Waals surface area contributed by atoms with Crippen LogP contribution in [0.2, 0.25) is 0 Å². The van der Waals surface area contributed by atoms with Crippen molar-refractivity contribution in [3.8, 4) is 5.75 Å². The lowest BCUT2D eigenvalue weighted by Crippen LogP contribution is -2.36. The van der Waals surface area contributed by atoms with Gasteiger partial charge in [0.15, 0.2) is 5.75 Å². The quantitative estimate of drug-likeness (QED) is 0.866. The summed E-state index contributed by atoms with van der Waals surface area (Å²) >= 11 is 0. The molecule has 0 atom stereocenters. The molecule has 1 N–H and O–H groups in total. The molecule has 3 rings (SSSR count). The largest absolute Gasteiger partial charge is 0.491 e. The number of hydrogen-bond acceptors (Lipinski definition) is 2. The number of carbonyl (C=O) groups is 1. The molecule has 0 saturated carbocycles. The van der Waals surface area contributed by atoms with Gasteiger partial charge in [0, 0.05) is 24.3 Å². The predicted octanol–water partition coefficient (Wildman–Crippen LogP) is 1.76. The fraction of sp³-hybridized carbons (Fsp3) is 0.643. The molecule has 0 fully saturated rings. The molecule has 0 radical (unpaired) electrons. The van der Waals surface area contributed by atoms with Crippen LogP contribution in [0.25, 0.3) is 0 Å². The Morgan fingerprint density at radius 1 is 1.39 bits per heavy atom. The second kappa shape index (κ2) is 3.77. The van der Waals surface area contributed by atoms with E-state index in [0.29, 0.717) is 6.61 Å². The highest BCUT2D eigenvalue weighted by molar-refractivity contribution is 5.97. The molecule has 1 aromatic heterocycles. The molecule has 0 aromatic carbocycles. The molecule has 0 spiro atoms. The van der Waals surface area contributed by atoms with Crippen LogP contribution < -0.4 is 10.1 Å². The van der Waals surface area contributed by atoms with E-state index < -0.39 is 0 Å². The molecule has 1 aliphatic carbocycles. The second-order valence-corrected chi connectivity index (χ2v) is 5.96. The lowest BCUT2D eigenvalue weighted by atomic mass is 9.90. The minimum atomic E-state index is 0.0110. The van der Waals surface area contributed by atoms with Crippen molar-refractivity contribution in [2.75, 3.05) is 13.2 Å². The molecular weight excluding hydrogens is 228 g/mol. The lowest BCUT2D eigenvalue weighted by molar-refractivity contribution is 0.0921. The highest BCUT2D eigenvalue weighted by Crippen LogP contribution is 2.44. The minimum Gasteiger partial charge on any atom is -0.491 e. The third-order valence-electron chi connectivity index (χ3n) is 3.86. The Morgan fingerprint density at radius 2 is 2.17 bits per heavy atom. The van der Waals surface area contributed by atoms with Gasteiger partial charge >= 0.3 is 0 Å². The zero-order chi connectivity index (χ0) is 12.9. The van der Waals surface area contributed by atoms with Gasteiger partial charge in [0.05, 0.1) is 6.61 Å². The van der Waals surface area contributed by atoms with Gasteiger partial charge in [-0.2, -0.15) is 0 Å². The number of carbonyl (C=O) groups excluding carboxylic acids is 1. The Labute approximate surface area is 107 Å². The van der Waals surface area contributed by atoms with Gasteiger partial charge in [-0.3, -0.25) is 4.79 Å². The zero-order valence-corrected chi connectivity index (χ0v) is 11.3. The van der Waals surface area contributed by atoms with Crippen molar-refractivity contribution in [2.45, 2.75) is 40.2 Å². The molecule has 0 saturated heterocycles. The van der Waals surface area contributed by atoms with Crippen molar-refractivity contribution in [2.24, 2.45) is 5.41 Å². The summed E-state index contributed by atoms with van der Waals surface area (Å²) in [5.41, 5.74) is 3.60. The first-order valence-electron chi connectivity index (χ1n) is 6.69. The number of rotatable bonds is 2. The smallest absolute Gasteiger partial charge is 0.271 e. The summed E-state index contributed by atoms with van der Waals surface area (Å²) in [7, 11) is 0. The summed E-state index contributed by atoms with van der Waals surface area (Å²) in [5.74, 6) is 0.840. The van der Waals surface area contributed by atoms with Crippen molar-refractivity contribution in [1.82, 2.24) is 9.88 Å². The number of nitrogens with zero attached hydrogens (tertiary/aromatic N) is 1. The van der Waals surface area contributed by atoms with E-state index >= 15 is 0 Å². The Bertz CT molecular complexity index is 514. The monoisotopic (exact) mass is 248 g/mol. The van der Waals surface area contributed by atoms with E-state index in [4.69, 9.17) is 4.74 Å². The van der Waals surface area contributed by atoms with Crippen LogP contribution in [0.5, 0.6) is 5.75 Å². The van der Waals surface area contributed by atoms with Gasteiger partial charge < -0.3 is 14.6 Å². The summed E-state index contributed by atoms with van der Waals surface area (Å²) in [5, 5.41) is 2.91. The zero-order valence-electron chi connectivity index (χ0n) is 11.3. The maximum absolute atomic E-state index is 12.0. The summed E-state index contributed by atoms with van der Waals surface area (Å²) in [6, 6.07) is 0. The van der Waals surface area contributed by atoms with Crippen LogP contribution in [-0.2, 0) is 19.4 Å². The molecule has 1 aliphatic heterocycles. The Kier molecular flexibility index (Phi) is 2.44. The topological polar surface area (TPSA) is 43.3 Å². The van der Waals surface area contributed by atoms with Gasteiger partial charge in [0.1, 0.15) is 5.69 Å². The number of nitrogens with one attached hydrogen (secondary N) is 1. The van der Waals surface area contributed by atoms with E-state index in [1.54, 1.807) is 0 Å². The van der Waals surface area contributed by atoms with E-state index in [9.17, 15) is 4.79 Å². The van der Waals surface area contributed by atoms with E-state index in [-0.39, 0.29) is 11.3 Å². The number of ether oxygens (including phenoxy) is 1. The molecule has 4 heteroatoms. The molecule has 98 valence electrons. The lowest BCUT2D eigenvalue weighted by Gasteiger charge is -2.22. The average molecular weight is 248 g/mol. The first kappa shape index (κ1) is 11.6. The molecule has 0 unspecified atom stereocenters. The molecule has 2 heterocycles. The molecular formula is C14H20N2O2. The normalized spacial score (nSPS) is 20.3. The molecule has 2 aliphatic rings. The first-order chi connectivity index (χ1) is 8.53. The average Bonchev–Trinajstić information content (AvgIpc) is 2.74. The predicted molar refractivity (Wildman–Crippen MR) is 69.1 cm³/mol. The summed E-state index contributed by atoms with van der Waals surface area (Å²) in [4.78, 5) is 12.0. The Balaban J connectivity index is 2.16. The van der Waals surface area contributed by atoms with Crippen LogP contribution in [0.15, 0.2) is 0 Å². The fourth-order valence-electron chi connectivity index (χ4n) is 3.21. The van der Waals surface area contributed by atoms with Crippen molar-refractivity contribution < 1.29 is 9.53 Å². The highest BCUT2D eigenvalue weighted by Gasteiger charge is 2.39. The van der Waals surface area contributed by atoms with E-state index in [1.807, 2.05) is 6.92 Å². The highest BCUT2D eigenvalue weighted by atomic mass is 16.5. The van der Waals surface area contributed by atoms with Crippen LogP contribution in [-0.4, -0.2) is 23.6 Å². The van der Waals surface area contributed by atoms with Crippen molar-refractivity contribution in [1.29, 1.82) is 0 Å². The SMILES string of the molecule is CCOc1c2c(n3c1C(=O)NCC3)CC(C)(C)C2. The van der Waals surface area contributed by atoms with Gasteiger partial charge in [-0.15, -0.1) is 0 Å². The number of aromatic nitrogens is 1. The van der Waals surface area contributed by atoms with E-state index in [1.165, 1.54) is 11.3 Å². The maximum Gasteiger partial charge on any atom is 0.271 e. The second-order valence-electron chi connectivity index (χ2n) is 5.96. The van der Waals surface area contributed by atoms with Crippen molar-refractivity contribution in [3.05, 3.63) is 17.0 Å². The van der Waals surface area contributed by atoms with Crippen LogP contribution in [0.3, 0.4) is 0 Å². The standard InChI is InChI=1S/C14H20N2O2/c1-4-18-12-9-7-14(2,3)8-10(9)16-6-5-15-13(17)11(12)16/h4-8H2,1-3H3,(H,15,17). The van der Waals surface area contributed by atoms with Crippen molar-refractivity contribution in [3.63, 3.8) is 0 Å². The Hall–Kier alpha value is -1.45. The molecule has 4 nitrogen and oxygen atoms in total. The minimum absolute atomic E-state index is 0.0110. The van der Waals surface area contributed by atoms with Crippen LogP contribution in [0.1, 0.15) is 42.5 Å². The van der Waals surface area contributed by atoms with Gasteiger partial charge in [0.25, 0.3) is 5.91 Å². The third-order valence-corrected chi connectivity index (χ3v) is 3.86. The molecule has 18 heavy (non-hydrogen) atoms. The number of hydrogen-bond donors (Lipinski definition) is 1. The first-order valence-corrected chi connectivity index (χ1v) is 6.69. The molecule has 1 amide bonds. The summed E-state index contributed by atoms with van der Waals surface area (Å²) in [6.07, 6.45) is 2.04. The van der Waals surface area contributed by atoms with E-state index in [2.05, 4.69) is 23.7 Å². The maximum atomic E-state index is 12.0. The molecule has 1 aromatic rings. The van der Waals surface area contributed by atoms with Gasteiger partial charge in [-0.25, -0.2) is 0 Å². The van der Waals surface area contributed by atoms with Crippen LogP contribution >= 0.6 is 0 Å². The summed E-state index contributed by atoms with van der Waals surface area (Å²) < 4.78 is 7.94. The summed E-state index contributed by atoms with van der Waals surface area (Å²) in [6.45, 7) is 8.72. The van der Waals surface area contributed by atoms with Gasteiger partial charge in [-0.1, -0.05) is 13.8 Å². The van der Waals surface area contributed by atoms with E-state index in [0.717, 1.165) is 37.4 Å².